The average molecular weight is 1680 g/mol. The second-order valence-corrected chi connectivity index (χ2v) is 34.0. The number of imidazole rings is 2. The molecule has 0 aliphatic heterocycles. The number of carbonyl (C=O) groups excluding carboxylic acids is 3. The molecule has 24 nitrogen and oxygen atoms in total. The number of halogens is 2. The van der Waals surface area contributed by atoms with Crippen LogP contribution in [-0.2, 0) is 59.6 Å². The first kappa shape index (κ1) is 90.6. The van der Waals surface area contributed by atoms with Gasteiger partial charge in [-0.25, -0.2) is 9.59 Å². The van der Waals surface area contributed by atoms with E-state index in [4.69, 9.17) is 25.1 Å². The number of fused-ring (bicyclic) bond motifs is 4. The Balaban J connectivity index is 0.000000194. The number of aliphatic carboxylic acids is 1. The number of aromatic amines is 1. The van der Waals surface area contributed by atoms with Crippen LogP contribution in [0, 0.1) is 87.2 Å². The molecule has 4 aliphatic rings. The molecule has 0 bridgehead atoms. The van der Waals surface area contributed by atoms with Gasteiger partial charge < -0.3 is 66.4 Å². The molecule has 14 rings (SSSR count). The van der Waals surface area contributed by atoms with Crippen LogP contribution in [0.5, 0.6) is 0 Å². The van der Waals surface area contributed by atoms with E-state index in [0.717, 1.165) is 153 Å². The first-order valence-electron chi connectivity index (χ1n) is 37.6. The zero-order valence-electron chi connectivity index (χ0n) is 65.1. The van der Waals surface area contributed by atoms with Gasteiger partial charge in [0.15, 0.2) is 0 Å². The smallest absolute Gasteiger partial charge is 0.870 e. The maximum Gasteiger partial charge on any atom is 1.00 e. The van der Waals surface area contributed by atoms with Gasteiger partial charge in [-0.05, 0) is 217 Å². The third-order valence-electron chi connectivity index (χ3n) is 21.5. The summed E-state index contributed by atoms with van der Waals surface area (Å²) in [5.41, 5.74) is 14.8. The Morgan fingerprint density at radius 3 is 1.46 bits per heavy atom. The number of rotatable bonds is 18. The minimum absolute atomic E-state index is 0. The van der Waals surface area contributed by atoms with Gasteiger partial charge in [0.2, 0.25) is 5.82 Å². The van der Waals surface area contributed by atoms with Gasteiger partial charge >= 0.3 is 59.8 Å². The first-order chi connectivity index (χ1) is 52.8. The minimum atomic E-state index is -0.799. The van der Waals surface area contributed by atoms with E-state index in [1.165, 1.54) is 82.0 Å². The van der Waals surface area contributed by atoms with E-state index in [1.54, 1.807) is 29.5 Å². The van der Waals surface area contributed by atoms with E-state index in [2.05, 4.69) is 108 Å². The number of nitro groups is 2. The fourth-order valence-corrected chi connectivity index (χ4v) is 17.9. The molecule has 0 saturated heterocycles. The summed E-state index contributed by atoms with van der Waals surface area (Å²) >= 11 is 6.06. The molecule has 4 aromatic heterocycles. The molecule has 6 N–H and O–H groups in total. The number of aryl methyl sites for hydroxylation is 2. The van der Waals surface area contributed by atoms with Crippen molar-refractivity contribution in [2.75, 3.05) is 53.8 Å². The van der Waals surface area contributed by atoms with E-state index in [0.29, 0.717) is 55.5 Å². The van der Waals surface area contributed by atoms with Crippen LogP contribution < -0.4 is 64.2 Å². The summed E-state index contributed by atoms with van der Waals surface area (Å²) in [6, 6.07) is 40.4. The van der Waals surface area contributed by atoms with E-state index in [9.17, 15) is 53.4 Å². The van der Waals surface area contributed by atoms with Crippen molar-refractivity contribution in [1.29, 1.82) is 0 Å². The molecule has 4 saturated carbocycles. The number of nitrogens with two attached hydrogens (primary N) is 1. The molecule has 0 spiro atoms. The number of quaternary nitrogens is 1. The molecule has 10 aromatic rings. The van der Waals surface area contributed by atoms with Crippen LogP contribution in [0.2, 0.25) is 0 Å². The molecule has 0 atom stereocenters. The molecule has 4 heterocycles. The number of aromatic nitrogens is 4. The van der Waals surface area contributed by atoms with Gasteiger partial charge in [0, 0.05) is 77.0 Å². The number of thiophene rings is 2. The van der Waals surface area contributed by atoms with E-state index in [-0.39, 0.29) is 87.9 Å². The summed E-state index contributed by atoms with van der Waals surface area (Å²) < 4.78 is 36.2. The Morgan fingerprint density at radius 2 is 0.991 bits per heavy atom. The number of methoxy groups -OCH3 is 3. The van der Waals surface area contributed by atoms with Crippen molar-refractivity contribution in [3.8, 4) is 0 Å². The van der Waals surface area contributed by atoms with Crippen molar-refractivity contribution in [3.63, 3.8) is 0 Å². The predicted octanol–water partition coefficient (Wildman–Crippen LogP) is 10.3. The standard InChI is InChI=1S/C26H28N2O3S.C16H20N2O3.C15H20N2O4.C12H15INS.C8H15NO2.C6H4FNO2.Li.H2O/c1-17-6-5-9-23-24(17)20(16-32-23)15-28-22-8-4-3-7-21(22)27(26(28)30)14-18-10-12-19(13-11-18)25(29)31-2;1-21-15(19)12-8-6-11(7-9-12)10-18-14-5-3-2-4-13(14)17-16(18)20;1-21-15(18)12-8-6-11(7-9-12)10-16-13-4-2-3-5-14(13)17(19)20;1-9-5-4-6-11-12(9)10(8-15-11)7-14(2,3)13;9-5-6-1-3-7(4-2-6)8(10)11;7-5-3-1-2-4-6(5)8(9)10;;/h3-9,16,18-19H,10-15H2,1-2H3;2-5,11-12H,6-10H2,1H3,(H,17,20);2-5,11-12,16H,6-10H2,1H3;4-6,8H,7H2,1-3H3;6-7H,1-5,9H2,(H,10,11);1-4H;;1H2/q;;;;;;+1;/p-1. The summed E-state index contributed by atoms with van der Waals surface area (Å²) in [4.78, 5) is 93.7. The SMILES string of the molecule is COC(=O)C1CCC(CNc2ccccc2[N+](=O)[O-])CC1.COC(=O)C1CCC(Cn2c(=O)[nH]c3ccccc32)CC1.COC(=O)C1CCC(Cn2c(=O)n(Cc3csc4cccc(C)c34)c3ccccc32)CC1.Cc1cccc2scc(C[N+](C)(C)[I-])c12.NCC1CCC(C(=O)O)CC1.O=[N+]([O-])c1ccccc1F.[Li+].[OH-]. The molecule has 1 radical (unpaired) electrons. The number of nitro benzene ring substituents is 2. The maximum absolute atomic E-state index is 13.6. The number of hydrogen-bond acceptors (Lipinski definition) is 18. The number of anilines is 1. The van der Waals surface area contributed by atoms with Crippen molar-refractivity contribution in [1.82, 2.24) is 18.7 Å². The van der Waals surface area contributed by atoms with E-state index >= 15 is 0 Å². The van der Waals surface area contributed by atoms with Crippen molar-refractivity contribution in [2.45, 2.75) is 143 Å². The summed E-state index contributed by atoms with van der Waals surface area (Å²) in [7, 11) is 8.77. The molecule has 6 aromatic carbocycles. The quantitative estimate of drug-likeness (QED) is 0.0118. The number of nitrogens with zero attached hydrogens (tertiary/aromatic N) is 6. The molecule has 0 unspecified atom stereocenters. The zero-order valence-corrected chi connectivity index (χ0v) is 68.9. The van der Waals surface area contributed by atoms with Gasteiger partial charge in [-0.2, -0.15) is 4.39 Å². The molecule has 29 heteroatoms. The fourth-order valence-electron chi connectivity index (χ4n) is 15.4. The topological polar surface area (TPSA) is 335 Å². The number of carboxylic acid groups (broad SMARTS) is 1. The van der Waals surface area contributed by atoms with Gasteiger partial charge in [-0.1, -0.05) is 72.8 Å². The van der Waals surface area contributed by atoms with Crippen molar-refractivity contribution in [2.24, 2.45) is 53.1 Å². The number of ether oxygens (including phenoxy) is 3. The van der Waals surface area contributed by atoms with Crippen LogP contribution in [0.3, 0.4) is 0 Å². The van der Waals surface area contributed by atoms with E-state index in [1.807, 2.05) is 73.6 Å². The molecule has 4 fully saturated rings. The number of benzene rings is 6. The van der Waals surface area contributed by atoms with Gasteiger partial charge in [-0.15, -0.1) is 22.7 Å². The predicted molar refractivity (Wildman–Crippen MR) is 428 cm³/mol. The zero-order chi connectivity index (χ0) is 79.2. The van der Waals surface area contributed by atoms with Crippen LogP contribution in [0.4, 0.5) is 21.5 Å². The van der Waals surface area contributed by atoms with Crippen molar-refractivity contribution in [3.05, 3.63) is 213 Å². The fraction of sp³-hybridized carbons (Fsp3) is 0.446. The Labute approximate surface area is 685 Å². The average Bonchev–Trinajstić information content (AvgIpc) is 1.60. The Hall–Kier alpha value is -8.60. The number of hydrogen-bond donors (Lipinski definition) is 4. The second-order valence-electron chi connectivity index (χ2n) is 29.5. The number of carboxylic acids is 1. The second kappa shape index (κ2) is 43.6. The van der Waals surface area contributed by atoms with Crippen molar-refractivity contribution < 1.29 is 103 Å². The number of nitrogens with one attached hydrogen (secondary N) is 2. The molecular weight excluding hydrogens is 1580 g/mol. The van der Waals surface area contributed by atoms with E-state index < -0.39 is 22.4 Å². The normalized spacial score (nSPS) is 19.2. The van der Waals surface area contributed by atoms with Gasteiger partial charge in [0.05, 0.1) is 90.0 Å². The number of carbonyl (C=O) groups is 4. The van der Waals surface area contributed by atoms with Crippen molar-refractivity contribution >= 4 is 106 Å². The molecule has 0 amide bonds. The van der Waals surface area contributed by atoms with Crippen LogP contribution in [0.15, 0.2) is 154 Å². The van der Waals surface area contributed by atoms with Gasteiger partial charge in [0.1, 0.15) is 5.69 Å². The summed E-state index contributed by atoms with van der Waals surface area (Å²) in [6.45, 7) is 8.82. The summed E-state index contributed by atoms with van der Waals surface area (Å²) in [5.74, 6) is 0.0444. The largest absolute Gasteiger partial charge is 1.00 e. The number of H-pyrrole nitrogens is 1. The molecular formula is C83H103FILiN9O15S2. The third kappa shape index (κ3) is 24.7. The molecule has 4 aliphatic carbocycles. The van der Waals surface area contributed by atoms with Gasteiger partial charge in [-0.3, -0.25) is 53.1 Å². The Bertz CT molecular complexity index is 4890. The summed E-state index contributed by atoms with van der Waals surface area (Å²) in [5, 5.41) is 40.0. The third-order valence-corrected chi connectivity index (χ3v) is 23.9. The first-order valence-corrected chi connectivity index (χ1v) is 40.3. The molecule has 112 heavy (non-hydrogen) atoms. The monoisotopic (exact) mass is 1680 g/mol. The van der Waals surface area contributed by atoms with Gasteiger partial charge in [0.25, 0.3) is 5.69 Å². The minimum Gasteiger partial charge on any atom is -0.870 e. The summed E-state index contributed by atoms with van der Waals surface area (Å²) in [6.07, 6.45) is 14.4. The van der Waals surface area contributed by atoms with Crippen LogP contribution in [0.25, 0.3) is 42.2 Å². The Morgan fingerprint density at radius 1 is 0.571 bits per heavy atom. The Kier molecular flexibility index (Phi) is 35.3. The molecule has 597 valence electrons. The van der Waals surface area contributed by atoms with Crippen LogP contribution in [0.1, 0.15) is 125 Å². The number of para-hydroxylation sites is 7. The maximum atomic E-state index is 13.6. The number of esters is 3. The van der Waals surface area contributed by atoms with Crippen LogP contribution >= 0.6 is 22.7 Å². The van der Waals surface area contributed by atoms with Crippen LogP contribution in [-0.4, -0.2) is 114 Å².